The average Bonchev–Trinajstić information content (AvgIpc) is 2.13. The Hall–Kier alpha value is -1.11. The highest BCUT2D eigenvalue weighted by molar-refractivity contribution is 6.17. The lowest BCUT2D eigenvalue weighted by atomic mass is 10.0. The molecule has 1 nitrogen and oxygen atoms in total. The third-order valence-electron chi connectivity index (χ3n) is 2.02. The number of rotatable bonds is 1. The van der Waals surface area contributed by atoms with Crippen molar-refractivity contribution < 1.29 is 26.3 Å². The van der Waals surface area contributed by atoms with E-state index >= 15 is 0 Å². The fourth-order valence-electron chi connectivity index (χ4n) is 1.34. The van der Waals surface area contributed by atoms with Crippen LogP contribution in [-0.4, -0.2) is 0 Å². The van der Waals surface area contributed by atoms with Crippen molar-refractivity contribution in [3.05, 3.63) is 28.8 Å². The van der Waals surface area contributed by atoms with Crippen LogP contribution in [0.1, 0.15) is 16.7 Å². The minimum atomic E-state index is -4.93. The molecule has 0 saturated heterocycles. The fraction of sp³-hybridized carbons (Fsp3) is 0.333. The smallest absolute Gasteiger partial charge is 0.399 e. The number of halogens is 7. The molecule has 8 heteroatoms. The second-order valence-corrected chi connectivity index (χ2v) is 3.49. The van der Waals surface area contributed by atoms with Crippen LogP contribution in [0.25, 0.3) is 0 Å². The van der Waals surface area contributed by atoms with Crippen molar-refractivity contribution in [3.8, 4) is 0 Å². The molecule has 96 valence electrons. The van der Waals surface area contributed by atoms with E-state index in [9.17, 15) is 26.3 Å². The van der Waals surface area contributed by atoms with Crippen LogP contribution in [0.4, 0.5) is 32.0 Å². The molecular formula is C9H6ClF6N. The summed E-state index contributed by atoms with van der Waals surface area (Å²) in [6.07, 6.45) is -9.86. The molecule has 1 aromatic carbocycles. The molecule has 1 rings (SSSR count). The molecule has 0 unspecified atom stereocenters. The molecule has 2 N–H and O–H groups in total. The van der Waals surface area contributed by atoms with Gasteiger partial charge in [0.2, 0.25) is 0 Å². The maximum atomic E-state index is 12.5. The molecule has 0 atom stereocenters. The number of hydrogen-bond donors (Lipinski definition) is 1. The Balaban J connectivity index is 3.58. The van der Waals surface area contributed by atoms with Crippen LogP contribution in [0, 0.1) is 0 Å². The quantitative estimate of drug-likeness (QED) is 0.468. The highest BCUT2D eigenvalue weighted by Crippen LogP contribution is 2.41. The molecule has 0 amide bonds. The summed E-state index contributed by atoms with van der Waals surface area (Å²) in [7, 11) is 0. The zero-order chi connectivity index (χ0) is 13.4. The number of benzene rings is 1. The van der Waals surface area contributed by atoms with Crippen molar-refractivity contribution in [2.75, 3.05) is 5.73 Å². The van der Waals surface area contributed by atoms with Gasteiger partial charge in [-0.05, 0) is 17.7 Å². The van der Waals surface area contributed by atoms with Crippen LogP contribution < -0.4 is 5.73 Å². The standard InChI is InChI=1S/C9H6ClF6N/c10-3-5-6(8(11,12)13)1-4(17)2-7(5)9(14,15)16/h1-2H,3,17H2. The Morgan fingerprint density at radius 1 is 0.941 bits per heavy atom. The minimum absolute atomic E-state index is 0.437. The number of nitrogens with two attached hydrogens (primary N) is 1. The summed E-state index contributed by atoms with van der Waals surface area (Å²) >= 11 is 5.16. The Morgan fingerprint density at radius 2 is 1.29 bits per heavy atom. The van der Waals surface area contributed by atoms with Crippen LogP contribution >= 0.6 is 11.6 Å². The van der Waals surface area contributed by atoms with Gasteiger partial charge in [0.1, 0.15) is 0 Å². The molecule has 0 heterocycles. The molecule has 0 saturated carbocycles. The van der Waals surface area contributed by atoms with Crippen LogP contribution in [0.15, 0.2) is 12.1 Å². The van der Waals surface area contributed by atoms with Gasteiger partial charge in [0.15, 0.2) is 0 Å². The van der Waals surface area contributed by atoms with Crippen molar-refractivity contribution in [3.63, 3.8) is 0 Å². The third kappa shape index (κ3) is 2.96. The maximum Gasteiger partial charge on any atom is 0.416 e. The summed E-state index contributed by atoms with van der Waals surface area (Å²) in [5.74, 6) is -0.899. The van der Waals surface area contributed by atoms with E-state index in [0.29, 0.717) is 12.1 Å². The van der Waals surface area contributed by atoms with Gasteiger partial charge in [-0.1, -0.05) is 0 Å². The van der Waals surface area contributed by atoms with Gasteiger partial charge < -0.3 is 5.73 Å². The van der Waals surface area contributed by atoms with Gasteiger partial charge in [0, 0.05) is 11.6 Å². The summed E-state index contributed by atoms with van der Waals surface area (Å²) in [5, 5.41) is 0. The van der Waals surface area contributed by atoms with Gasteiger partial charge in [-0.25, -0.2) is 0 Å². The normalized spacial score (nSPS) is 12.9. The molecule has 0 aromatic heterocycles. The van der Waals surface area contributed by atoms with E-state index in [4.69, 9.17) is 17.3 Å². The summed E-state index contributed by atoms with van der Waals surface area (Å²) in [6, 6.07) is 0.875. The number of alkyl halides is 7. The number of nitrogen functional groups attached to an aromatic ring is 1. The maximum absolute atomic E-state index is 12.5. The third-order valence-corrected chi connectivity index (χ3v) is 2.28. The van der Waals surface area contributed by atoms with E-state index in [2.05, 4.69) is 0 Å². The lowest BCUT2D eigenvalue weighted by Gasteiger charge is -2.18. The highest BCUT2D eigenvalue weighted by Gasteiger charge is 2.40. The first-order valence-electron chi connectivity index (χ1n) is 4.20. The fourth-order valence-corrected chi connectivity index (χ4v) is 1.63. The van der Waals surface area contributed by atoms with Crippen LogP contribution in [0.5, 0.6) is 0 Å². The molecule has 0 aliphatic rings. The van der Waals surface area contributed by atoms with Crippen LogP contribution in [-0.2, 0) is 18.2 Å². The molecule has 0 bridgehead atoms. The predicted molar refractivity (Wildman–Crippen MR) is 50.4 cm³/mol. The molecule has 17 heavy (non-hydrogen) atoms. The van der Waals surface area contributed by atoms with Crippen molar-refractivity contribution in [1.82, 2.24) is 0 Å². The van der Waals surface area contributed by atoms with Crippen LogP contribution in [0.3, 0.4) is 0 Å². The van der Waals surface area contributed by atoms with Gasteiger partial charge in [-0.2, -0.15) is 26.3 Å². The lowest BCUT2D eigenvalue weighted by Crippen LogP contribution is -2.16. The lowest BCUT2D eigenvalue weighted by molar-refractivity contribution is -0.143. The summed E-state index contributed by atoms with van der Waals surface area (Å²) in [4.78, 5) is 0. The van der Waals surface area contributed by atoms with Gasteiger partial charge >= 0.3 is 12.4 Å². The monoisotopic (exact) mass is 277 g/mol. The molecular weight excluding hydrogens is 272 g/mol. The molecule has 1 aromatic rings. The first-order valence-corrected chi connectivity index (χ1v) is 4.73. The largest absolute Gasteiger partial charge is 0.416 e. The summed E-state index contributed by atoms with van der Waals surface area (Å²) in [5.41, 5.74) is 0.491. The molecule has 0 fully saturated rings. The highest BCUT2D eigenvalue weighted by atomic mass is 35.5. The van der Waals surface area contributed by atoms with Gasteiger partial charge in [0.05, 0.1) is 11.1 Å². The van der Waals surface area contributed by atoms with E-state index < -0.39 is 40.6 Å². The van der Waals surface area contributed by atoms with Gasteiger partial charge in [-0.15, -0.1) is 11.6 Å². The predicted octanol–water partition coefficient (Wildman–Crippen LogP) is 4.05. The molecule has 0 radical (unpaired) electrons. The summed E-state index contributed by atoms with van der Waals surface area (Å²) in [6.45, 7) is 0. The minimum Gasteiger partial charge on any atom is -0.399 e. The molecule has 0 spiro atoms. The Morgan fingerprint density at radius 3 is 1.53 bits per heavy atom. The topological polar surface area (TPSA) is 26.0 Å². The Labute approximate surface area is 97.2 Å². The van der Waals surface area contributed by atoms with Crippen LogP contribution in [0.2, 0.25) is 0 Å². The molecule has 0 aliphatic heterocycles. The first kappa shape index (κ1) is 14.0. The van der Waals surface area contributed by atoms with Crippen molar-refractivity contribution in [1.29, 1.82) is 0 Å². The molecule has 0 aliphatic carbocycles. The van der Waals surface area contributed by atoms with Crippen molar-refractivity contribution in [2.24, 2.45) is 0 Å². The Bertz CT molecular complexity index is 387. The van der Waals surface area contributed by atoms with Crippen molar-refractivity contribution >= 4 is 17.3 Å². The number of anilines is 1. The van der Waals surface area contributed by atoms with Crippen molar-refractivity contribution in [2.45, 2.75) is 18.2 Å². The first-order chi connectivity index (χ1) is 7.57. The average molecular weight is 278 g/mol. The SMILES string of the molecule is Nc1cc(C(F)(F)F)c(CCl)c(C(F)(F)F)c1. The summed E-state index contributed by atoms with van der Waals surface area (Å²) < 4.78 is 75.0. The van der Waals surface area contributed by atoms with E-state index in [-0.39, 0.29) is 0 Å². The second-order valence-electron chi connectivity index (χ2n) is 3.22. The van der Waals surface area contributed by atoms with E-state index in [1.807, 2.05) is 0 Å². The zero-order valence-electron chi connectivity index (χ0n) is 8.08. The van der Waals surface area contributed by atoms with Gasteiger partial charge in [-0.3, -0.25) is 0 Å². The van der Waals surface area contributed by atoms with E-state index in [1.165, 1.54) is 0 Å². The number of hydrogen-bond acceptors (Lipinski definition) is 1. The van der Waals surface area contributed by atoms with E-state index in [0.717, 1.165) is 0 Å². The van der Waals surface area contributed by atoms with Gasteiger partial charge in [0.25, 0.3) is 0 Å². The Kier molecular flexibility index (Phi) is 3.52. The second kappa shape index (κ2) is 4.29. The zero-order valence-corrected chi connectivity index (χ0v) is 8.84. The van der Waals surface area contributed by atoms with E-state index in [1.54, 1.807) is 0 Å².